The summed E-state index contributed by atoms with van der Waals surface area (Å²) in [7, 11) is 0. The van der Waals surface area contributed by atoms with Crippen molar-refractivity contribution in [3.8, 4) is 5.75 Å². The Hall–Kier alpha value is -2.43. The van der Waals surface area contributed by atoms with Crippen molar-refractivity contribution < 1.29 is 13.5 Å². The molecule has 0 unspecified atom stereocenters. The molecule has 2 aromatic carbocycles. The maximum Gasteiger partial charge on any atom is 0.167 e. The van der Waals surface area contributed by atoms with Crippen molar-refractivity contribution in [1.29, 1.82) is 0 Å². The highest BCUT2D eigenvalue weighted by Gasteiger charge is 2.05. The highest BCUT2D eigenvalue weighted by Crippen LogP contribution is 2.19. The van der Waals surface area contributed by atoms with E-state index in [2.05, 4.69) is 5.10 Å². The van der Waals surface area contributed by atoms with Crippen LogP contribution in [0.3, 0.4) is 0 Å². The Bertz CT molecular complexity index is 600. The zero-order valence-electron chi connectivity index (χ0n) is 10.0. The molecule has 0 amide bonds. The van der Waals surface area contributed by atoms with Crippen molar-refractivity contribution in [2.75, 3.05) is 0 Å². The van der Waals surface area contributed by atoms with Crippen LogP contribution in [-0.2, 0) is 6.61 Å². The molecule has 0 spiro atoms. The Morgan fingerprint density at radius 1 is 1.16 bits per heavy atom. The van der Waals surface area contributed by atoms with E-state index in [4.69, 9.17) is 10.6 Å². The Morgan fingerprint density at radius 2 is 2.00 bits per heavy atom. The van der Waals surface area contributed by atoms with Gasteiger partial charge in [0.2, 0.25) is 0 Å². The fraction of sp³-hybridized carbons (Fsp3) is 0.0714. The highest BCUT2D eigenvalue weighted by atomic mass is 19.1. The summed E-state index contributed by atoms with van der Waals surface area (Å²) in [5, 5.41) is 3.42. The van der Waals surface area contributed by atoms with Gasteiger partial charge in [-0.25, -0.2) is 8.78 Å². The van der Waals surface area contributed by atoms with Gasteiger partial charge in [-0.2, -0.15) is 5.10 Å². The molecule has 0 bridgehead atoms. The van der Waals surface area contributed by atoms with Gasteiger partial charge in [-0.3, -0.25) is 0 Å². The Morgan fingerprint density at radius 3 is 2.74 bits per heavy atom. The minimum atomic E-state index is -0.723. The molecule has 0 radical (unpaired) electrons. The predicted octanol–water partition coefficient (Wildman–Crippen LogP) is 2.84. The van der Waals surface area contributed by atoms with Crippen molar-refractivity contribution >= 4 is 6.21 Å². The average molecular weight is 262 g/mol. The average Bonchev–Trinajstić information content (AvgIpc) is 2.38. The molecule has 2 aromatic rings. The fourth-order valence-electron chi connectivity index (χ4n) is 1.60. The van der Waals surface area contributed by atoms with E-state index in [1.54, 1.807) is 0 Å². The number of halogens is 2. The molecule has 2 N–H and O–H groups in total. The van der Waals surface area contributed by atoms with Crippen LogP contribution in [0.25, 0.3) is 0 Å². The lowest BCUT2D eigenvalue weighted by Gasteiger charge is -2.07. The van der Waals surface area contributed by atoms with Crippen LogP contribution in [0.2, 0.25) is 0 Å². The summed E-state index contributed by atoms with van der Waals surface area (Å²) in [4.78, 5) is 0. The number of hydrogen-bond donors (Lipinski definition) is 1. The third-order valence-corrected chi connectivity index (χ3v) is 2.46. The van der Waals surface area contributed by atoms with E-state index in [9.17, 15) is 8.78 Å². The van der Waals surface area contributed by atoms with Crippen molar-refractivity contribution in [2.24, 2.45) is 10.9 Å². The normalized spacial score (nSPS) is 10.8. The summed E-state index contributed by atoms with van der Waals surface area (Å²) in [6.07, 6.45) is 1.50. The van der Waals surface area contributed by atoms with Crippen LogP contribution in [0.5, 0.6) is 5.75 Å². The monoisotopic (exact) mass is 262 g/mol. The molecule has 3 nitrogen and oxygen atoms in total. The zero-order chi connectivity index (χ0) is 13.7. The first-order valence-electron chi connectivity index (χ1n) is 5.59. The predicted molar refractivity (Wildman–Crippen MR) is 68.9 cm³/mol. The Kier molecular flexibility index (Phi) is 4.07. The molecule has 0 aliphatic carbocycles. The zero-order valence-corrected chi connectivity index (χ0v) is 10.0. The van der Waals surface area contributed by atoms with Crippen LogP contribution >= 0.6 is 0 Å². The number of benzene rings is 2. The Labute approximate surface area is 109 Å². The molecule has 0 saturated heterocycles. The first-order chi connectivity index (χ1) is 9.19. The molecule has 0 atom stereocenters. The molecule has 2 rings (SSSR count). The number of hydrazone groups is 1. The topological polar surface area (TPSA) is 47.6 Å². The molecular weight excluding hydrogens is 250 g/mol. The smallest absolute Gasteiger partial charge is 0.167 e. The van der Waals surface area contributed by atoms with Crippen LogP contribution in [0.1, 0.15) is 11.1 Å². The molecule has 0 aromatic heterocycles. The third-order valence-electron chi connectivity index (χ3n) is 2.46. The first-order valence-corrected chi connectivity index (χ1v) is 5.59. The number of hydrogen-bond acceptors (Lipinski definition) is 3. The minimum absolute atomic E-state index is 0.0132. The second-order valence-corrected chi connectivity index (χ2v) is 3.89. The van der Waals surface area contributed by atoms with Crippen molar-refractivity contribution in [1.82, 2.24) is 0 Å². The second-order valence-electron chi connectivity index (χ2n) is 3.89. The molecule has 98 valence electrons. The molecule has 0 saturated carbocycles. The molecule has 0 heterocycles. The second kappa shape index (κ2) is 5.95. The van der Waals surface area contributed by atoms with Gasteiger partial charge in [0, 0.05) is 6.07 Å². The summed E-state index contributed by atoms with van der Waals surface area (Å²) in [6.45, 7) is 0.175. The van der Waals surface area contributed by atoms with Gasteiger partial charge in [-0.15, -0.1) is 0 Å². The standard InChI is InChI=1S/C14H12F2N2O/c15-12-4-5-14(13(16)7-12)19-9-11-3-1-2-10(6-11)8-18-17/h1-8H,9,17H2. The van der Waals surface area contributed by atoms with E-state index in [0.29, 0.717) is 0 Å². The van der Waals surface area contributed by atoms with Crippen LogP contribution < -0.4 is 10.6 Å². The van der Waals surface area contributed by atoms with Crippen molar-refractivity contribution in [3.63, 3.8) is 0 Å². The summed E-state index contributed by atoms with van der Waals surface area (Å²) >= 11 is 0. The van der Waals surface area contributed by atoms with E-state index >= 15 is 0 Å². The van der Waals surface area contributed by atoms with Crippen LogP contribution in [-0.4, -0.2) is 6.21 Å². The molecule has 5 heteroatoms. The van der Waals surface area contributed by atoms with Gasteiger partial charge in [0.05, 0.1) is 6.21 Å². The van der Waals surface area contributed by atoms with E-state index in [1.807, 2.05) is 24.3 Å². The molecule has 0 aliphatic heterocycles. The maximum atomic E-state index is 13.4. The van der Waals surface area contributed by atoms with Gasteiger partial charge in [-0.1, -0.05) is 18.2 Å². The van der Waals surface area contributed by atoms with Gasteiger partial charge >= 0.3 is 0 Å². The van der Waals surface area contributed by atoms with E-state index in [-0.39, 0.29) is 12.4 Å². The molecule has 0 aliphatic rings. The summed E-state index contributed by atoms with van der Waals surface area (Å²) < 4.78 is 31.4. The number of nitrogens with two attached hydrogens (primary N) is 1. The third kappa shape index (κ3) is 3.51. The van der Waals surface area contributed by atoms with Crippen LogP contribution in [0, 0.1) is 11.6 Å². The Balaban J connectivity index is 2.07. The van der Waals surface area contributed by atoms with Gasteiger partial charge in [0.15, 0.2) is 11.6 Å². The number of ether oxygens (including phenoxy) is 1. The van der Waals surface area contributed by atoms with Crippen LogP contribution in [0.15, 0.2) is 47.6 Å². The highest BCUT2D eigenvalue weighted by molar-refractivity contribution is 5.79. The van der Waals surface area contributed by atoms with Gasteiger partial charge in [-0.05, 0) is 29.3 Å². The molecular formula is C14H12F2N2O. The molecule has 0 fully saturated rings. The van der Waals surface area contributed by atoms with Gasteiger partial charge in [0.1, 0.15) is 12.4 Å². The number of rotatable bonds is 4. The first kappa shape index (κ1) is 13.0. The number of nitrogens with zero attached hydrogens (tertiary/aromatic N) is 1. The quantitative estimate of drug-likeness (QED) is 0.523. The largest absolute Gasteiger partial charge is 0.486 e. The van der Waals surface area contributed by atoms with Crippen LogP contribution in [0.4, 0.5) is 8.78 Å². The minimum Gasteiger partial charge on any atom is -0.486 e. The van der Waals surface area contributed by atoms with E-state index in [1.165, 1.54) is 12.3 Å². The SMILES string of the molecule is NN=Cc1cccc(COc2ccc(F)cc2F)c1. The van der Waals surface area contributed by atoms with Crippen molar-refractivity contribution in [2.45, 2.75) is 6.61 Å². The maximum absolute atomic E-state index is 13.4. The van der Waals surface area contributed by atoms with E-state index in [0.717, 1.165) is 23.3 Å². The van der Waals surface area contributed by atoms with E-state index < -0.39 is 11.6 Å². The lowest BCUT2D eigenvalue weighted by molar-refractivity contribution is 0.289. The van der Waals surface area contributed by atoms with Crippen molar-refractivity contribution in [3.05, 3.63) is 65.2 Å². The fourth-order valence-corrected chi connectivity index (χ4v) is 1.60. The summed E-state index contributed by atoms with van der Waals surface area (Å²) in [5.41, 5.74) is 1.66. The summed E-state index contributed by atoms with van der Waals surface area (Å²) in [6, 6.07) is 10.5. The van der Waals surface area contributed by atoms with Gasteiger partial charge in [0.25, 0.3) is 0 Å². The molecule has 19 heavy (non-hydrogen) atoms. The summed E-state index contributed by atoms with van der Waals surface area (Å²) in [5.74, 6) is 3.72. The lowest BCUT2D eigenvalue weighted by Crippen LogP contribution is -1.98. The van der Waals surface area contributed by atoms with Gasteiger partial charge < -0.3 is 10.6 Å². The lowest BCUT2D eigenvalue weighted by atomic mass is 10.1.